The SMILES string of the molecule is O=C(O)C1CN(C(=O)C2(c3ccc(F)cc3)CC2)CCN1c1ccccc1. The number of hydrogen-bond acceptors (Lipinski definition) is 3. The van der Waals surface area contributed by atoms with Crippen molar-refractivity contribution in [3.63, 3.8) is 0 Å². The zero-order chi connectivity index (χ0) is 19.0. The molecule has 1 heterocycles. The van der Waals surface area contributed by atoms with Gasteiger partial charge in [-0.3, -0.25) is 4.79 Å². The van der Waals surface area contributed by atoms with Crippen molar-refractivity contribution in [1.29, 1.82) is 0 Å². The van der Waals surface area contributed by atoms with Crippen LogP contribution in [0.25, 0.3) is 0 Å². The third kappa shape index (κ3) is 3.16. The first-order valence-electron chi connectivity index (χ1n) is 9.11. The Morgan fingerprint density at radius 1 is 1.00 bits per heavy atom. The van der Waals surface area contributed by atoms with Crippen molar-refractivity contribution in [2.24, 2.45) is 0 Å². The standard InChI is InChI=1S/C21H21FN2O3/c22-16-8-6-15(7-9-16)21(10-11-21)20(27)23-12-13-24(18(14-23)19(25)26)17-4-2-1-3-5-17/h1-9,18H,10-14H2,(H,25,26). The molecule has 1 unspecified atom stereocenters. The first-order chi connectivity index (χ1) is 13.0. The summed E-state index contributed by atoms with van der Waals surface area (Å²) >= 11 is 0. The van der Waals surface area contributed by atoms with Crippen molar-refractivity contribution in [2.75, 3.05) is 24.5 Å². The van der Waals surface area contributed by atoms with Crippen LogP contribution in [0.15, 0.2) is 54.6 Å². The molecule has 0 spiro atoms. The summed E-state index contributed by atoms with van der Waals surface area (Å²) in [7, 11) is 0. The highest BCUT2D eigenvalue weighted by Gasteiger charge is 2.54. The minimum atomic E-state index is -0.942. The summed E-state index contributed by atoms with van der Waals surface area (Å²) in [6.07, 6.45) is 1.43. The molecule has 2 aromatic carbocycles. The van der Waals surface area contributed by atoms with Crippen LogP contribution < -0.4 is 4.90 Å². The lowest BCUT2D eigenvalue weighted by Crippen LogP contribution is -2.59. The monoisotopic (exact) mass is 368 g/mol. The summed E-state index contributed by atoms with van der Waals surface area (Å²) in [6.45, 7) is 1.08. The van der Waals surface area contributed by atoms with Gasteiger partial charge in [0.05, 0.1) is 12.0 Å². The van der Waals surface area contributed by atoms with E-state index in [1.165, 1.54) is 12.1 Å². The van der Waals surface area contributed by atoms with E-state index in [1.54, 1.807) is 17.0 Å². The molecule has 2 aromatic rings. The average Bonchev–Trinajstić information content (AvgIpc) is 3.50. The zero-order valence-electron chi connectivity index (χ0n) is 14.8. The van der Waals surface area contributed by atoms with E-state index < -0.39 is 17.4 Å². The number of rotatable bonds is 4. The second kappa shape index (κ2) is 6.68. The lowest BCUT2D eigenvalue weighted by molar-refractivity contribution is -0.142. The molecule has 1 atom stereocenters. The third-order valence-corrected chi connectivity index (χ3v) is 5.60. The Hall–Kier alpha value is -2.89. The topological polar surface area (TPSA) is 60.9 Å². The van der Waals surface area contributed by atoms with Gasteiger partial charge in [0.1, 0.15) is 11.9 Å². The molecule has 0 aromatic heterocycles. The molecule has 4 rings (SSSR count). The van der Waals surface area contributed by atoms with Gasteiger partial charge < -0.3 is 14.9 Å². The molecule has 6 heteroatoms. The molecule has 140 valence electrons. The predicted octanol–water partition coefficient (Wildman–Crippen LogP) is 2.66. The number of piperazine rings is 1. The van der Waals surface area contributed by atoms with Crippen molar-refractivity contribution in [3.05, 3.63) is 66.0 Å². The van der Waals surface area contributed by atoms with Crippen molar-refractivity contribution in [2.45, 2.75) is 24.3 Å². The van der Waals surface area contributed by atoms with Crippen molar-refractivity contribution >= 4 is 17.6 Å². The van der Waals surface area contributed by atoms with Crippen molar-refractivity contribution in [1.82, 2.24) is 4.90 Å². The smallest absolute Gasteiger partial charge is 0.328 e. The average molecular weight is 368 g/mol. The predicted molar refractivity (Wildman–Crippen MR) is 99.1 cm³/mol. The number of aliphatic carboxylic acids is 1. The molecule has 1 amide bonds. The molecule has 1 saturated heterocycles. The minimum absolute atomic E-state index is 0.0481. The summed E-state index contributed by atoms with van der Waals surface area (Å²) in [5.41, 5.74) is 1.04. The first-order valence-corrected chi connectivity index (χ1v) is 9.11. The molecule has 1 aliphatic carbocycles. The first kappa shape index (κ1) is 17.5. The van der Waals surface area contributed by atoms with Gasteiger partial charge in [0.25, 0.3) is 0 Å². The molecule has 2 fully saturated rings. The van der Waals surface area contributed by atoms with E-state index in [1.807, 2.05) is 35.2 Å². The molecule has 5 nitrogen and oxygen atoms in total. The summed E-state index contributed by atoms with van der Waals surface area (Å²) in [5.74, 6) is -1.32. The quantitative estimate of drug-likeness (QED) is 0.901. The number of carboxylic acid groups (broad SMARTS) is 1. The Labute approximate surface area is 157 Å². The van der Waals surface area contributed by atoms with E-state index in [2.05, 4.69) is 0 Å². The fraction of sp³-hybridized carbons (Fsp3) is 0.333. The number of carboxylic acids is 1. The zero-order valence-corrected chi connectivity index (χ0v) is 14.8. The molecule has 1 saturated carbocycles. The lowest BCUT2D eigenvalue weighted by atomic mass is 9.93. The van der Waals surface area contributed by atoms with Crippen molar-refractivity contribution in [3.8, 4) is 0 Å². The van der Waals surface area contributed by atoms with Crippen LogP contribution in [-0.4, -0.2) is 47.6 Å². The van der Waals surface area contributed by atoms with Crippen LogP contribution in [0.1, 0.15) is 18.4 Å². The maximum Gasteiger partial charge on any atom is 0.328 e. The molecule has 2 aliphatic rings. The van der Waals surface area contributed by atoms with Gasteiger partial charge in [0.15, 0.2) is 0 Å². The van der Waals surface area contributed by atoms with Gasteiger partial charge in [-0.2, -0.15) is 0 Å². The summed E-state index contributed by atoms with van der Waals surface area (Å²) in [4.78, 5) is 28.6. The molecular weight excluding hydrogens is 347 g/mol. The molecule has 0 radical (unpaired) electrons. The number of carbonyl (C=O) groups excluding carboxylic acids is 1. The van der Waals surface area contributed by atoms with Crippen LogP contribution in [0.4, 0.5) is 10.1 Å². The van der Waals surface area contributed by atoms with Crippen LogP contribution in [0, 0.1) is 5.82 Å². The van der Waals surface area contributed by atoms with Crippen LogP contribution in [0.2, 0.25) is 0 Å². The molecule has 1 aliphatic heterocycles. The highest BCUT2D eigenvalue weighted by Crippen LogP contribution is 2.49. The number of nitrogens with zero attached hydrogens (tertiary/aromatic N) is 2. The second-order valence-corrected chi connectivity index (χ2v) is 7.22. The van der Waals surface area contributed by atoms with Gasteiger partial charge >= 0.3 is 5.97 Å². The third-order valence-electron chi connectivity index (χ3n) is 5.60. The number of halogens is 1. The Bertz CT molecular complexity index is 849. The van der Waals surface area contributed by atoms with E-state index >= 15 is 0 Å². The fourth-order valence-electron chi connectivity index (χ4n) is 3.93. The van der Waals surface area contributed by atoms with Gasteiger partial charge in [-0.25, -0.2) is 9.18 Å². The fourth-order valence-corrected chi connectivity index (χ4v) is 3.93. The van der Waals surface area contributed by atoms with Crippen LogP contribution in [-0.2, 0) is 15.0 Å². The van der Waals surface area contributed by atoms with Gasteiger partial charge in [-0.1, -0.05) is 30.3 Å². The van der Waals surface area contributed by atoms with Crippen LogP contribution >= 0.6 is 0 Å². The summed E-state index contributed by atoms with van der Waals surface area (Å²) in [5, 5.41) is 9.71. The van der Waals surface area contributed by atoms with E-state index in [4.69, 9.17) is 0 Å². The Kier molecular flexibility index (Phi) is 4.34. The molecule has 0 bridgehead atoms. The summed E-state index contributed by atoms with van der Waals surface area (Å²) in [6, 6.07) is 14.7. The number of carbonyl (C=O) groups is 2. The number of hydrogen-bond donors (Lipinski definition) is 1. The Balaban J connectivity index is 1.55. The highest BCUT2D eigenvalue weighted by atomic mass is 19.1. The van der Waals surface area contributed by atoms with Gasteiger partial charge in [-0.15, -0.1) is 0 Å². The van der Waals surface area contributed by atoms with E-state index in [-0.39, 0.29) is 18.3 Å². The normalized spacial score (nSPS) is 21.0. The number of anilines is 1. The highest BCUT2D eigenvalue weighted by molar-refractivity contribution is 5.92. The Morgan fingerprint density at radius 3 is 2.26 bits per heavy atom. The Morgan fingerprint density at radius 2 is 1.67 bits per heavy atom. The molecule has 1 N–H and O–H groups in total. The van der Waals surface area contributed by atoms with E-state index in [0.29, 0.717) is 25.9 Å². The lowest BCUT2D eigenvalue weighted by Gasteiger charge is -2.41. The van der Waals surface area contributed by atoms with Gasteiger partial charge in [0, 0.05) is 18.8 Å². The van der Waals surface area contributed by atoms with Gasteiger partial charge in [0.2, 0.25) is 5.91 Å². The van der Waals surface area contributed by atoms with Gasteiger partial charge in [-0.05, 0) is 42.7 Å². The summed E-state index contributed by atoms with van der Waals surface area (Å²) < 4.78 is 13.2. The molecule has 27 heavy (non-hydrogen) atoms. The number of benzene rings is 2. The van der Waals surface area contributed by atoms with Crippen LogP contribution in [0.3, 0.4) is 0 Å². The van der Waals surface area contributed by atoms with E-state index in [9.17, 15) is 19.1 Å². The second-order valence-electron chi connectivity index (χ2n) is 7.22. The minimum Gasteiger partial charge on any atom is -0.480 e. The van der Waals surface area contributed by atoms with Crippen LogP contribution in [0.5, 0.6) is 0 Å². The maximum atomic E-state index is 13.2. The molecular formula is C21H21FN2O3. The maximum absolute atomic E-state index is 13.2. The van der Waals surface area contributed by atoms with Crippen molar-refractivity contribution < 1.29 is 19.1 Å². The van der Waals surface area contributed by atoms with E-state index in [0.717, 1.165) is 11.3 Å². The largest absolute Gasteiger partial charge is 0.480 e. The number of amides is 1. The number of para-hydroxylation sites is 1.